The fourth-order valence-corrected chi connectivity index (χ4v) is 1.93. The third-order valence-electron chi connectivity index (χ3n) is 3.02. The van der Waals surface area contributed by atoms with Crippen LogP contribution in [0.1, 0.15) is 21.5 Å². The molecule has 0 heterocycles. The number of carboxylic acid groups (broad SMARTS) is 1. The zero-order valence-corrected chi connectivity index (χ0v) is 11.4. The van der Waals surface area contributed by atoms with Gasteiger partial charge in [0.15, 0.2) is 5.78 Å². The zero-order valence-electron chi connectivity index (χ0n) is 11.4. The Morgan fingerprint density at radius 3 is 2.29 bits per heavy atom. The van der Waals surface area contributed by atoms with E-state index in [2.05, 4.69) is 0 Å². The lowest BCUT2D eigenvalue weighted by atomic mass is 10.0. The van der Waals surface area contributed by atoms with Crippen LogP contribution in [0, 0.1) is 0 Å². The minimum atomic E-state index is -0.929. The molecule has 0 aromatic heterocycles. The molecule has 0 bridgehead atoms. The van der Waals surface area contributed by atoms with Crippen molar-refractivity contribution in [3.8, 4) is 11.5 Å². The Hall–Kier alpha value is -2.82. The molecule has 2 N–H and O–H groups in total. The number of methoxy groups -OCH3 is 1. The van der Waals surface area contributed by atoms with Crippen LogP contribution >= 0.6 is 0 Å². The van der Waals surface area contributed by atoms with Gasteiger partial charge in [0.2, 0.25) is 0 Å². The van der Waals surface area contributed by atoms with Crippen LogP contribution in [-0.4, -0.2) is 29.1 Å². The molecule has 0 aliphatic carbocycles. The molecule has 0 saturated heterocycles. The number of benzene rings is 2. The third-order valence-corrected chi connectivity index (χ3v) is 3.02. The quantitative estimate of drug-likeness (QED) is 0.824. The summed E-state index contributed by atoms with van der Waals surface area (Å²) in [5.41, 5.74) is 1.16. The number of carboxylic acids is 1. The number of phenolic OH excluding ortho intramolecular Hbond substituents is 1. The first-order valence-corrected chi connectivity index (χ1v) is 6.23. The molecule has 0 unspecified atom stereocenters. The summed E-state index contributed by atoms with van der Waals surface area (Å²) in [4.78, 5) is 22.9. The van der Waals surface area contributed by atoms with Gasteiger partial charge >= 0.3 is 5.97 Å². The molecule has 0 atom stereocenters. The molecule has 0 spiro atoms. The highest BCUT2D eigenvalue weighted by Crippen LogP contribution is 2.25. The lowest BCUT2D eigenvalue weighted by Crippen LogP contribution is -2.04. The topological polar surface area (TPSA) is 83.8 Å². The second kappa shape index (κ2) is 6.09. The van der Waals surface area contributed by atoms with Crippen molar-refractivity contribution in [1.29, 1.82) is 0 Å². The number of carbonyl (C=O) groups excluding carboxylic acids is 1. The SMILES string of the molecule is COc1ccc(C(=O)c2ccc(CC(=O)O)cc2)c(O)c1. The van der Waals surface area contributed by atoms with Gasteiger partial charge in [0.05, 0.1) is 19.1 Å². The number of ketones is 1. The fourth-order valence-electron chi connectivity index (χ4n) is 1.93. The van der Waals surface area contributed by atoms with Crippen molar-refractivity contribution in [1.82, 2.24) is 0 Å². The summed E-state index contributed by atoms with van der Waals surface area (Å²) < 4.78 is 4.96. The Bertz CT molecular complexity index is 674. The van der Waals surface area contributed by atoms with Gasteiger partial charge < -0.3 is 14.9 Å². The first-order valence-electron chi connectivity index (χ1n) is 6.23. The number of aromatic hydroxyl groups is 1. The molecule has 2 aromatic rings. The molecule has 2 aromatic carbocycles. The maximum Gasteiger partial charge on any atom is 0.307 e. The highest BCUT2D eigenvalue weighted by Gasteiger charge is 2.14. The van der Waals surface area contributed by atoms with Gasteiger partial charge in [-0.2, -0.15) is 0 Å². The molecule has 21 heavy (non-hydrogen) atoms. The van der Waals surface area contributed by atoms with Crippen LogP contribution in [0.4, 0.5) is 0 Å². The smallest absolute Gasteiger partial charge is 0.307 e. The molecule has 5 nitrogen and oxygen atoms in total. The largest absolute Gasteiger partial charge is 0.507 e. The Morgan fingerprint density at radius 1 is 1.10 bits per heavy atom. The molecule has 0 aliphatic rings. The summed E-state index contributed by atoms with van der Waals surface area (Å²) in [6.45, 7) is 0. The fraction of sp³-hybridized carbons (Fsp3) is 0.125. The summed E-state index contributed by atoms with van der Waals surface area (Å²) in [6.07, 6.45) is -0.0950. The van der Waals surface area contributed by atoms with Crippen LogP contribution in [-0.2, 0) is 11.2 Å². The number of ether oxygens (including phenoxy) is 1. The van der Waals surface area contributed by atoms with Gasteiger partial charge in [0.1, 0.15) is 11.5 Å². The first kappa shape index (κ1) is 14.6. The van der Waals surface area contributed by atoms with Crippen molar-refractivity contribution < 1.29 is 24.5 Å². The second-order valence-corrected chi connectivity index (χ2v) is 4.48. The molecule has 0 radical (unpaired) electrons. The number of aliphatic carboxylic acids is 1. The number of phenols is 1. The van der Waals surface area contributed by atoms with Gasteiger partial charge in [-0.3, -0.25) is 9.59 Å². The standard InChI is InChI=1S/C16H14O5/c1-21-12-6-7-13(14(17)9-12)16(20)11-4-2-10(3-5-11)8-15(18)19/h2-7,9,17H,8H2,1H3,(H,18,19). The van der Waals surface area contributed by atoms with Gasteiger partial charge in [-0.05, 0) is 17.7 Å². The van der Waals surface area contributed by atoms with Gasteiger partial charge in [-0.1, -0.05) is 24.3 Å². The van der Waals surface area contributed by atoms with Crippen LogP contribution < -0.4 is 4.74 Å². The van der Waals surface area contributed by atoms with Crippen molar-refractivity contribution in [2.75, 3.05) is 7.11 Å². The van der Waals surface area contributed by atoms with E-state index in [-0.39, 0.29) is 23.5 Å². The minimum absolute atomic E-state index is 0.0950. The monoisotopic (exact) mass is 286 g/mol. The van der Waals surface area contributed by atoms with Crippen molar-refractivity contribution in [2.24, 2.45) is 0 Å². The Kier molecular flexibility index (Phi) is 4.23. The molecule has 5 heteroatoms. The summed E-state index contributed by atoms with van der Waals surface area (Å²) >= 11 is 0. The summed E-state index contributed by atoms with van der Waals surface area (Å²) in [5.74, 6) is -0.964. The predicted octanol–water partition coefficient (Wildman–Crippen LogP) is 2.26. The maximum atomic E-state index is 12.3. The lowest BCUT2D eigenvalue weighted by Gasteiger charge is -2.07. The van der Waals surface area contributed by atoms with E-state index in [4.69, 9.17) is 9.84 Å². The van der Waals surface area contributed by atoms with Gasteiger partial charge in [0.25, 0.3) is 0 Å². The van der Waals surface area contributed by atoms with Crippen LogP contribution in [0.2, 0.25) is 0 Å². The molecule has 0 aliphatic heterocycles. The van der Waals surface area contributed by atoms with E-state index in [1.54, 1.807) is 30.3 Å². The molecule has 108 valence electrons. The number of hydrogen-bond acceptors (Lipinski definition) is 4. The van der Waals surface area contributed by atoms with Crippen molar-refractivity contribution in [3.63, 3.8) is 0 Å². The first-order chi connectivity index (χ1) is 10.0. The predicted molar refractivity (Wildman–Crippen MR) is 75.9 cm³/mol. The Morgan fingerprint density at radius 2 is 1.76 bits per heavy atom. The molecule has 0 saturated carbocycles. The Labute approximate surface area is 121 Å². The molecule has 2 rings (SSSR count). The minimum Gasteiger partial charge on any atom is -0.507 e. The summed E-state index contributed by atoms with van der Waals surface area (Å²) in [5, 5.41) is 18.5. The average Bonchev–Trinajstić information content (AvgIpc) is 2.46. The highest BCUT2D eigenvalue weighted by atomic mass is 16.5. The van der Waals surface area contributed by atoms with Gasteiger partial charge in [0, 0.05) is 11.6 Å². The highest BCUT2D eigenvalue weighted by molar-refractivity contribution is 6.10. The second-order valence-electron chi connectivity index (χ2n) is 4.48. The van der Waals surface area contributed by atoms with Crippen LogP contribution in [0.3, 0.4) is 0 Å². The van der Waals surface area contributed by atoms with E-state index in [0.717, 1.165) is 0 Å². The number of hydrogen-bond donors (Lipinski definition) is 2. The van der Waals surface area contributed by atoms with Crippen molar-refractivity contribution in [3.05, 3.63) is 59.2 Å². The summed E-state index contributed by atoms with van der Waals surface area (Å²) in [7, 11) is 1.47. The van der Waals surface area contributed by atoms with Crippen molar-refractivity contribution >= 4 is 11.8 Å². The lowest BCUT2D eigenvalue weighted by molar-refractivity contribution is -0.136. The maximum absolute atomic E-state index is 12.3. The van der Waals surface area contributed by atoms with Gasteiger partial charge in [-0.25, -0.2) is 0 Å². The van der Waals surface area contributed by atoms with E-state index in [0.29, 0.717) is 16.9 Å². The van der Waals surface area contributed by atoms with E-state index < -0.39 is 5.97 Å². The van der Waals surface area contributed by atoms with E-state index in [1.165, 1.54) is 19.2 Å². The molecule has 0 amide bonds. The Balaban J connectivity index is 2.25. The molecule has 0 fully saturated rings. The van der Waals surface area contributed by atoms with E-state index in [9.17, 15) is 14.7 Å². The average molecular weight is 286 g/mol. The van der Waals surface area contributed by atoms with Crippen molar-refractivity contribution in [2.45, 2.75) is 6.42 Å². The molecular weight excluding hydrogens is 272 g/mol. The third kappa shape index (κ3) is 3.39. The van der Waals surface area contributed by atoms with Crippen LogP contribution in [0.5, 0.6) is 11.5 Å². The van der Waals surface area contributed by atoms with E-state index >= 15 is 0 Å². The molecular formula is C16H14O5. The van der Waals surface area contributed by atoms with Crippen LogP contribution in [0.15, 0.2) is 42.5 Å². The summed E-state index contributed by atoms with van der Waals surface area (Å²) in [6, 6.07) is 10.7. The zero-order chi connectivity index (χ0) is 15.4. The van der Waals surface area contributed by atoms with Gasteiger partial charge in [-0.15, -0.1) is 0 Å². The normalized spacial score (nSPS) is 10.1. The van der Waals surface area contributed by atoms with E-state index in [1.807, 2.05) is 0 Å². The number of carbonyl (C=O) groups is 2. The number of rotatable bonds is 5. The van der Waals surface area contributed by atoms with Crippen LogP contribution in [0.25, 0.3) is 0 Å².